The number of aliphatic hydroxyl groups excluding tert-OH is 1. The SMILES string of the molecule is C=C(C)CCC(=O)CO. The lowest BCUT2D eigenvalue weighted by Crippen LogP contribution is -2.02. The highest BCUT2D eigenvalue weighted by Crippen LogP contribution is 1.99. The van der Waals surface area contributed by atoms with E-state index in [9.17, 15) is 4.79 Å². The number of Topliss-reactive ketones (excluding diaryl/α,β-unsaturated/α-hetero) is 1. The molecule has 0 bridgehead atoms. The molecule has 2 heteroatoms. The molecule has 0 heterocycles. The van der Waals surface area contributed by atoms with Crippen molar-refractivity contribution in [1.82, 2.24) is 0 Å². The Morgan fingerprint density at radius 2 is 2.11 bits per heavy atom. The van der Waals surface area contributed by atoms with Gasteiger partial charge in [-0.25, -0.2) is 0 Å². The Morgan fingerprint density at radius 3 is 2.44 bits per heavy atom. The standard InChI is InChI=1S/C7H12O2/c1-6(2)3-4-7(9)5-8/h8H,1,3-5H2,2H3. The molecule has 0 saturated carbocycles. The quantitative estimate of drug-likeness (QED) is 0.571. The maximum Gasteiger partial charge on any atom is 0.158 e. The van der Waals surface area contributed by atoms with E-state index in [0.717, 1.165) is 5.57 Å². The van der Waals surface area contributed by atoms with E-state index in [1.165, 1.54) is 0 Å². The van der Waals surface area contributed by atoms with E-state index in [1.54, 1.807) is 0 Å². The van der Waals surface area contributed by atoms with Crippen LogP contribution in [0.15, 0.2) is 12.2 Å². The van der Waals surface area contributed by atoms with Crippen LogP contribution in [0.3, 0.4) is 0 Å². The topological polar surface area (TPSA) is 37.3 Å². The number of allylic oxidation sites excluding steroid dienone is 1. The third-order valence-corrected chi connectivity index (χ3v) is 1.01. The first-order valence-corrected chi connectivity index (χ1v) is 2.93. The number of carbonyl (C=O) groups excluding carboxylic acids is 1. The van der Waals surface area contributed by atoms with Gasteiger partial charge in [-0.2, -0.15) is 0 Å². The van der Waals surface area contributed by atoms with Crippen LogP contribution >= 0.6 is 0 Å². The fourth-order valence-corrected chi connectivity index (χ4v) is 0.432. The fraction of sp³-hybridized carbons (Fsp3) is 0.571. The van der Waals surface area contributed by atoms with Gasteiger partial charge < -0.3 is 5.11 Å². The number of hydrogen-bond acceptors (Lipinski definition) is 2. The first-order chi connectivity index (χ1) is 4.16. The molecule has 0 amide bonds. The molecule has 0 aromatic carbocycles. The first kappa shape index (κ1) is 8.37. The Morgan fingerprint density at radius 1 is 1.56 bits per heavy atom. The Balaban J connectivity index is 3.28. The Hall–Kier alpha value is -0.630. The first-order valence-electron chi connectivity index (χ1n) is 2.93. The van der Waals surface area contributed by atoms with E-state index < -0.39 is 0 Å². The van der Waals surface area contributed by atoms with E-state index in [4.69, 9.17) is 5.11 Å². The highest BCUT2D eigenvalue weighted by Gasteiger charge is 1.97. The van der Waals surface area contributed by atoms with E-state index in [-0.39, 0.29) is 12.4 Å². The molecule has 1 N–H and O–H groups in total. The summed E-state index contributed by atoms with van der Waals surface area (Å²) in [5.41, 5.74) is 0.983. The highest BCUT2D eigenvalue weighted by atomic mass is 16.3. The molecule has 0 spiro atoms. The summed E-state index contributed by atoms with van der Waals surface area (Å²) in [6.45, 7) is 5.15. The average molecular weight is 128 g/mol. The molecule has 0 radical (unpaired) electrons. The smallest absolute Gasteiger partial charge is 0.158 e. The van der Waals surface area contributed by atoms with Gasteiger partial charge in [0.05, 0.1) is 0 Å². The number of rotatable bonds is 4. The zero-order chi connectivity index (χ0) is 7.28. The lowest BCUT2D eigenvalue weighted by molar-refractivity contribution is -0.121. The van der Waals surface area contributed by atoms with E-state index in [0.29, 0.717) is 12.8 Å². The van der Waals surface area contributed by atoms with Crippen LogP contribution in [0.5, 0.6) is 0 Å². The van der Waals surface area contributed by atoms with Gasteiger partial charge in [0.15, 0.2) is 5.78 Å². The van der Waals surface area contributed by atoms with Gasteiger partial charge in [0.25, 0.3) is 0 Å². The van der Waals surface area contributed by atoms with Crippen LogP contribution < -0.4 is 0 Å². The summed E-state index contributed by atoms with van der Waals surface area (Å²) in [7, 11) is 0. The third kappa shape index (κ3) is 5.24. The van der Waals surface area contributed by atoms with Gasteiger partial charge in [0.1, 0.15) is 6.61 Å². The monoisotopic (exact) mass is 128 g/mol. The van der Waals surface area contributed by atoms with Crippen molar-refractivity contribution in [2.24, 2.45) is 0 Å². The third-order valence-electron chi connectivity index (χ3n) is 1.01. The molecule has 0 atom stereocenters. The molecule has 0 aliphatic heterocycles. The summed E-state index contributed by atoms with van der Waals surface area (Å²) < 4.78 is 0. The minimum Gasteiger partial charge on any atom is -0.389 e. The second-order valence-electron chi connectivity index (χ2n) is 2.15. The number of aliphatic hydroxyl groups is 1. The molecule has 0 aliphatic rings. The van der Waals surface area contributed by atoms with Crippen LogP contribution in [-0.4, -0.2) is 17.5 Å². The molecule has 9 heavy (non-hydrogen) atoms. The maximum absolute atomic E-state index is 10.4. The van der Waals surface area contributed by atoms with Crippen molar-refractivity contribution in [3.8, 4) is 0 Å². The van der Waals surface area contributed by atoms with Gasteiger partial charge in [0, 0.05) is 6.42 Å². The predicted molar refractivity (Wildman–Crippen MR) is 36.1 cm³/mol. The molecular weight excluding hydrogens is 116 g/mol. The summed E-state index contributed by atoms with van der Waals surface area (Å²) in [6, 6.07) is 0. The normalized spacial score (nSPS) is 9.11. The van der Waals surface area contributed by atoms with Gasteiger partial charge in [-0.15, -0.1) is 6.58 Å². The summed E-state index contributed by atoms with van der Waals surface area (Å²) in [4.78, 5) is 10.4. The van der Waals surface area contributed by atoms with Crippen molar-refractivity contribution in [3.05, 3.63) is 12.2 Å². The Bertz CT molecular complexity index is 116. The van der Waals surface area contributed by atoms with Crippen molar-refractivity contribution in [1.29, 1.82) is 0 Å². The van der Waals surface area contributed by atoms with Crippen LogP contribution in [-0.2, 0) is 4.79 Å². The van der Waals surface area contributed by atoms with Gasteiger partial charge in [-0.3, -0.25) is 4.79 Å². The predicted octanol–water partition coefficient (Wildman–Crippen LogP) is 0.904. The maximum atomic E-state index is 10.4. The largest absolute Gasteiger partial charge is 0.389 e. The highest BCUT2D eigenvalue weighted by molar-refractivity contribution is 5.79. The van der Waals surface area contributed by atoms with Crippen LogP contribution in [0.2, 0.25) is 0 Å². The van der Waals surface area contributed by atoms with Gasteiger partial charge >= 0.3 is 0 Å². The molecule has 0 aromatic rings. The number of ketones is 1. The van der Waals surface area contributed by atoms with Crippen molar-refractivity contribution >= 4 is 5.78 Å². The number of hydrogen-bond donors (Lipinski definition) is 1. The summed E-state index contributed by atoms with van der Waals surface area (Å²) in [5, 5.41) is 8.27. The Labute approximate surface area is 55.2 Å². The summed E-state index contributed by atoms with van der Waals surface area (Å²) in [5.74, 6) is -0.113. The van der Waals surface area contributed by atoms with Crippen molar-refractivity contribution in [3.63, 3.8) is 0 Å². The molecule has 0 fully saturated rings. The van der Waals surface area contributed by atoms with Gasteiger partial charge in [-0.1, -0.05) is 5.57 Å². The Kier molecular flexibility index (Phi) is 3.97. The minimum absolute atomic E-state index is 0.113. The second-order valence-corrected chi connectivity index (χ2v) is 2.15. The number of carbonyl (C=O) groups is 1. The molecular formula is C7H12O2. The summed E-state index contributed by atoms with van der Waals surface area (Å²) in [6.07, 6.45) is 1.12. The summed E-state index contributed by atoms with van der Waals surface area (Å²) >= 11 is 0. The van der Waals surface area contributed by atoms with Gasteiger partial charge in [-0.05, 0) is 13.3 Å². The fourth-order valence-electron chi connectivity index (χ4n) is 0.432. The molecule has 0 rings (SSSR count). The molecule has 52 valence electrons. The van der Waals surface area contributed by atoms with Crippen LogP contribution in [0.1, 0.15) is 19.8 Å². The minimum atomic E-state index is -0.340. The average Bonchev–Trinajstić information content (AvgIpc) is 1.83. The van der Waals surface area contributed by atoms with E-state index in [2.05, 4.69) is 6.58 Å². The molecule has 0 saturated heterocycles. The second kappa shape index (κ2) is 4.27. The van der Waals surface area contributed by atoms with E-state index >= 15 is 0 Å². The van der Waals surface area contributed by atoms with Crippen molar-refractivity contribution in [2.75, 3.05) is 6.61 Å². The zero-order valence-electron chi connectivity index (χ0n) is 5.68. The molecule has 0 unspecified atom stereocenters. The van der Waals surface area contributed by atoms with Crippen LogP contribution in [0.25, 0.3) is 0 Å². The lowest BCUT2D eigenvalue weighted by atomic mass is 10.1. The molecule has 0 aliphatic carbocycles. The van der Waals surface area contributed by atoms with Crippen molar-refractivity contribution in [2.45, 2.75) is 19.8 Å². The lowest BCUT2D eigenvalue weighted by Gasteiger charge is -1.94. The zero-order valence-corrected chi connectivity index (χ0v) is 5.68. The molecule has 2 nitrogen and oxygen atoms in total. The van der Waals surface area contributed by atoms with Gasteiger partial charge in [0.2, 0.25) is 0 Å². The van der Waals surface area contributed by atoms with Crippen LogP contribution in [0.4, 0.5) is 0 Å². The van der Waals surface area contributed by atoms with E-state index in [1.807, 2.05) is 6.92 Å². The van der Waals surface area contributed by atoms with Crippen molar-refractivity contribution < 1.29 is 9.90 Å². The van der Waals surface area contributed by atoms with Crippen LogP contribution in [0, 0.1) is 0 Å². The molecule has 0 aromatic heterocycles.